The van der Waals surface area contributed by atoms with Crippen LogP contribution in [0.4, 0.5) is 14.9 Å². The number of halogens is 2. The van der Waals surface area contributed by atoms with Crippen LogP contribution < -0.4 is 15.0 Å². The van der Waals surface area contributed by atoms with Gasteiger partial charge in [-0.2, -0.15) is 0 Å². The zero-order valence-corrected chi connectivity index (χ0v) is 18.7. The number of hydrogen-bond acceptors (Lipinski definition) is 4. The number of nitrogens with one attached hydrogen (secondary N) is 1. The Hall–Kier alpha value is -3.53. The smallest absolute Gasteiger partial charge is 0.335 e. The van der Waals surface area contributed by atoms with Crippen LogP contribution in [0.2, 0.25) is 0 Å². The molecule has 32 heavy (non-hydrogen) atoms. The number of carbonyl (C=O) groups is 3. The molecule has 1 fully saturated rings. The first-order valence-corrected chi connectivity index (χ1v) is 10.6. The van der Waals surface area contributed by atoms with Gasteiger partial charge in [0.25, 0.3) is 11.8 Å². The van der Waals surface area contributed by atoms with Crippen molar-refractivity contribution in [1.82, 2.24) is 5.32 Å². The summed E-state index contributed by atoms with van der Waals surface area (Å²) >= 11 is 2.22. The molecular formula is C24H16FIN2O4. The molecule has 0 aliphatic carbocycles. The van der Waals surface area contributed by atoms with Gasteiger partial charge in [0, 0.05) is 9.13 Å². The Bertz CT molecular complexity index is 1220. The number of nitrogens with zero attached hydrogens (tertiary/aromatic N) is 1. The predicted molar refractivity (Wildman–Crippen MR) is 125 cm³/mol. The van der Waals surface area contributed by atoms with E-state index in [1.807, 2.05) is 24.3 Å². The molecule has 1 heterocycles. The molecule has 0 spiro atoms. The Labute approximate surface area is 196 Å². The molecule has 4 rings (SSSR count). The highest BCUT2D eigenvalue weighted by molar-refractivity contribution is 14.1. The molecule has 1 saturated heterocycles. The van der Waals surface area contributed by atoms with Gasteiger partial charge in [-0.05, 0) is 76.7 Å². The lowest BCUT2D eigenvalue weighted by Gasteiger charge is -2.26. The van der Waals surface area contributed by atoms with Gasteiger partial charge in [0.2, 0.25) is 0 Å². The number of imide groups is 2. The zero-order chi connectivity index (χ0) is 22.7. The SMILES string of the molecule is O=C1NC(=O)N(c2ccc(F)cc2)C(=O)/C1=C/c1ccccc1OCc1ccc(I)cc1. The molecule has 1 aliphatic heterocycles. The van der Waals surface area contributed by atoms with E-state index in [-0.39, 0.29) is 11.3 Å². The topological polar surface area (TPSA) is 75.7 Å². The Morgan fingerprint density at radius 1 is 0.938 bits per heavy atom. The van der Waals surface area contributed by atoms with Crippen molar-refractivity contribution >= 4 is 52.2 Å². The summed E-state index contributed by atoms with van der Waals surface area (Å²) in [6.07, 6.45) is 1.38. The number of carbonyl (C=O) groups excluding carboxylic acids is 3. The number of para-hydroxylation sites is 1. The second-order valence-corrected chi connectivity index (χ2v) is 8.13. The van der Waals surface area contributed by atoms with Crippen molar-refractivity contribution < 1.29 is 23.5 Å². The van der Waals surface area contributed by atoms with Gasteiger partial charge in [-0.1, -0.05) is 30.3 Å². The van der Waals surface area contributed by atoms with Crippen LogP contribution in [0, 0.1) is 9.39 Å². The lowest BCUT2D eigenvalue weighted by Crippen LogP contribution is -2.54. The lowest BCUT2D eigenvalue weighted by molar-refractivity contribution is -0.122. The fourth-order valence-corrected chi connectivity index (χ4v) is 3.47. The minimum atomic E-state index is -0.896. The van der Waals surface area contributed by atoms with Crippen molar-refractivity contribution in [2.75, 3.05) is 4.90 Å². The maximum Gasteiger partial charge on any atom is 0.335 e. The monoisotopic (exact) mass is 542 g/mol. The summed E-state index contributed by atoms with van der Waals surface area (Å²) in [5, 5.41) is 2.15. The second-order valence-electron chi connectivity index (χ2n) is 6.89. The summed E-state index contributed by atoms with van der Waals surface area (Å²) in [7, 11) is 0. The molecule has 0 saturated carbocycles. The Balaban J connectivity index is 1.62. The fourth-order valence-electron chi connectivity index (χ4n) is 3.11. The molecule has 0 bridgehead atoms. The molecule has 0 unspecified atom stereocenters. The van der Waals surface area contributed by atoms with E-state index < -0.39 is 23.7 Å². The van der Waals surface area contributed by atoms with Gasteiger partial charge in [-0.3, -0.25) is 14.9 Å². The molecule has 6 nitrogen and oxygen atoms in total. The second kappa shape index (κ2) is 9.31. The van der Waals surface area contributed by atoms with Crippen molar-refractivity contribution in [2.24, 2.45) is 0 Å². The number of rotatable bonds is 5. The first-order valence-electron chi connectivity index (χ1n) is 9.55. The molecule has 4 amide bonds. The van der Waals surface area contributed by atoms with Crippen LogP contribution in [0.1, 0.15) is 11.1 Å². The molecule has 0 radical (unpaired) electrons. The van der Waals surface area contributed by atoms with Crippen molar-refractivity contribution in [3.63, 3.8) is 0 Å². The average molecular weight is 542 g/mol. The predicted octanol–water partition coefficient (Wildman–Crippen LogP) is 4.68. The summed E-state index contributed by atoms with van der Waals surface area (Å²) < 4.78 is 20.3. The number of urea groups is 1. The Kier molecular flexibility index (Phi) is 6.31. The summed E-state index contributed by atoms with van der Waals surface area (Å²) in [5.41, 5.74) is 1.38. The third-order valence-electron chi connectivity index (χ3n) is 4.71. The highest BCUT2D eigenvalue weighted by Gasteiger charge is 2.37. The molecule has 160 valence electrons. The number of amides is 4. The molecule has 0 aromatic heterocycles. The number of anilines is 1. The van der Waals surface area contributed by atoms with Crippen molar-refractivity contribution in [2.45, 2.75) is 6.61 Å². The van der Waals surface area contributed by atoms with Crippen LogP contribution in [0.25, 0.3) is 6.08 Å². The van der Waals surface area contributed by atoms with E-state index in [4.69, 9.17) is 4.74 Å². The molecular weight excluding hydrogens is 526 g/mol. The molecule has 8 heteroatoms. The van der Waals surface area contributed by atoms with Gasteiger partial charge < -0.3 is 4.74 Å². The standard InChI is InChI=1S/C24H16FIN2O4/c25-17-7-11-19(12-8-17)28-23(30)20(22(29)27-24(28)31)13-16-3-1-2-4-21(16)32-14-15-5-9-18(26)10-6-15/h1-13H,14H2,(H,27,29,31)/b20-13+. The van der Waals surface area contributed by atoms with E-state index in [2.05, 4.69) is 27.9 Å². The number of ether oxygens (including phenoxy) is 1. The molecule has 1 N–H and O–H groups in total. The fraction of sp³-hybridized carbons (Fsp3) is 0.0417. The third kappa shape index (κ3) is 4.70. The van der Waals surface area contributed by atoms with E-state index in [0.29, 0.717) is 17.9 Å². The van der Waals surface area contributed by atoms with Gasteiger partial charge >= 0.3 is 6.03 Å². The van der Waals surface area contributed by atoms with Gasteiger partial charge in [0.05, 0.1) is 5.69 Å². The van der Waals surface area contributed by atoms with E-state index in [9.17, 15) is 18.8 Å². The first-order chi connectivity index (χ1) is 15.4. The van der Waals surface area contributed by atoms with E-state index in [0.717, 1.165) is 26.2 Å². The molecule has 3 aromatic carbocycles. The highest BCUT2D eigenvalue weighted by atomic mass is 127. The van der Waals surface area contributed by atoms with Crippen molar-refractivity contribution in [1.29, 1.82) is 0 Å². The van der Waals surface area contributed by atoms with Crippen LogP contribution in [0.15, 0.2) is 78.4 Å². The average Bonchev–Trinajstić information content (AvgIpc) is 2.78. The van der Waals surface area contributed by atoms with Crippen molar-refractivity contribution in [3.05, 3.63) is 98.9 Å². The summed E-state index contributed by atoms with van der Waals surface area (Å²) in [6.45, 7) is 0.303. The maximum atomic E-state index is 13.2. The van der Waals surface area contributed by atoms with Gasteiger partial charge in [-0.25, -0.2) is 14.1 Å². The Morgan fingerprint density at radius 3 is 2.34 bits per heavy atom. The normalized spacial score (nSPS) is 15.1. The third-order valence-corrected chi connectivity index (χ3v) is 5.43. The summed E-state index contributed by atoms with van der Waals surface area (Å²) in [6, 6.07) is 18.7. The van der Waals surface area contributed by atoms with Crippen LogP contribution in [0.3, 0.4) is 0 Å². The first kappa shape index (κ1) is 21.7. The minimum Gasteiger partial charge on any atom is -0.488 e. The minimum absolute atomic E-state index is 0.149. The molecule has 3 aromatic rings. The van der Waals surface area contributed by atoms with Crippen LogP contribution in [-0.2, 0) is 16.2 Å². The summed E-state index contributed by atoms with van der Waals surface area (Å²) in [5.74, 6) is -1.65. The van der Waals surface area contributed by atoms with Crippen LogP contribution >= 0.6 is 22.6 Å². The lowest BCUT2D eigenvalue weighted by atomic mass is 10.1. The highest BCUT2D eigenvalue weighted by Crippen LogP contribution is 2.26. The van der Waals surface area contributed by atoms with Gasteiger partial charge in [-0.15, -0.1) is 0 Å². The van der Waals surface area contributed by atoms with E-state index in [1.165, 1.54) is 18.2 Å². The summed E-state index contributed by atoms with van der Waals surface area (Å²) in [4.78, 5) is 38.5. The van der Waals surface area contributed by atoms with E-state index >= 15 is 0 Å². The van der Waals surface area contributed by atoms with E-state index in [1.54, 1.807) is 24.3 Å². The zero-order valence-electron chi connectivity index (χ0n) is 16.5. The number of barbiturate groups is 1. The molecule has 0 atom stereocenters. The number of hydrogen-bond donors (Lipinski definition) is 1. The van der Waals surface area contributed by atoms with Gasteiger partial charge in [0.1, 0.15) is 23.7 Å². The van der Waals surface area contributed by atoms with Gasteiger partial charge in [0.15, 0.2) is 0 Å². The molecule has 1 aliphatic rings. The largest absolute Gasteiger partial charge is 0.488 e. The number of benzene rings is 3. The van der Waals surface area contributed by atoms with Crippen molar-refractivity contribution in [3.8, 4) is 5.75 Å². The van der Waals surface area contributed by atoms with Crippen LogP contribution in [-0.4, -0.2) is 17.8 Å². The maximum absolute atomic E-state index is 13.2. The Morgan fingerprint density at radius 2 is 1.62 bits per heavy atom. The van der Waals surface area contributed by atoms with Crippen LogP contribution in [0.5, 0.6) is 5.75 Å². The quantitative estimate of drug-likeness (QED) is 0.289.